The van der Waals surface area contributed by atoms with Gasteiger partial charge in [0.1, 0.15) is 0 Å². The summed E-state index contributed by atoms with van der Waals surface area (Å²) in [4.78, 5) is 34.2. The number of rotatable bonds is 6. The minimum Gasteiger partial charge on any atom is -0.465 e. The first-order valence-electron chi connectivity index (χ1n) is 7.79. The highest BCUT2D eigenvalue weighted by molar-refractivity contribution is 5.97. The van der Waals surface area contributed by atoms with Crippen molar-refractivity contribution in [3.05, 3.63) is 63.2 Å². The number of methoxy groups -OCH3 is 1. The number of non-ortho nitro benzene ring substituents is 1. The number of carbonyl (C=O) groups is 2. The summed E-state index contributed by atoms with van der Waals surface area (Å²) in [6, 6.07) is 9.26. The Labute approximate surface area is 150 Å². The highest BCUT2D eigenvalue weighted by Crippen LogP contribution is 2.22. The van der Waals surface area contributed by atoms with E-state index in [4.69, 9.17) is 0 Å². The van der Waals surface area contributed by atoms with Gasteiger partial charge in [-0.25, -0.2) is 4.79 Å². The van der Waals surface area contributed by atoms with Gasteiger partial charge >= 0.3 is 5.97 Å². The lowest BCUT2D eigenvalue weighted by Gasteiger charge is -2.12. The number of nitro groups is 1. The zero-order chi connectivity index (χ0) is 19.3. The second-order valence-electron chi connectivity index (χ2n) is 5.68. The normalized spacial score (nSPS) is 10.1. The summed E-state index contributed by atoms with van der Waals surface area (Å²) >= 11 is 0. The molecule has 0 aliphatic heterocycles. The number of benzene rings is 2. The molecule has 2 aromatic rings. The maximum atomic E-state index is 12.2. The molecule has 0 spiro atoms. The number of nitro benzene ring substituents is 1. The number of nitrogens with one attached hydrogen (secondary N) is 2. The Balaban J connectivity index is 2.07. The van der Waals surface area contributed by atoms with Gasteiger partial charge in [-0.1, -0.05) is 12.1 Å². The van der Waals surface area contributed by atoms with E-state index in [1.807, 2.05) is 0 Å². The van der Waals surface area contributed by atoms with Crippen LogP contribution in [0.15, 0.2) is 36.4 Å². The first kappa shape index (κ1) is 18.9. The van der Waals surface area contributed by atoms with Crippen molar-refractivity contribution in [2.24, 2.45) is 0 Å². The van der Waals surface area contributed by atoms with Gasteiger partial charge in [-0.2, -0.15) is 0 Å². The number of ether oxygens (including phenoxy) is 1. The van der Waals surface area contributed by atoms with Crippen LogP contribution in [-0.4, -0.2) is 30.5 Å². The number of nitrogens with zero attached hydrogens (tertiary/aromatic N) is 1. The number of carbonyl (C=O) groups excluding carboxylic acids is 2. The lowest BCUT2D eigenvalue weighted by Crippen LogP contribution is -2.22. The average molecular weight is 357 g/mol. The van der Waals surface area contributed by atoms with Gasteiger partial charge < -0.3 is 15.4 Å². The molecule has 0 saturated carbocycles. The van der Waals surface area contributed by atoms with E-state index in [-0.39, 0.29) is 18.1 Å². The number of hydrogen-bond donors (Lipinski definition) is 2. The molecule has 0 aliphatic carbocycles. The van der Waals surface area contributed by atoms with Gasteiger partial charge in [-0.05, 0) is 37.1 Å². The van der Waals surface area contributed by atoms with Crippen LogP contribution in [0.4, 0.5) is 17.1 Å². The lowest BCUT2D eigenvalue weighted by molar-refractivity contribution is -0.384. The van der Waals surface area contributed by atoms with E-state index in [0.29, 0.717) is 16.9 Å². The number of anilines is 2. The summed E-state index contributed by atoms with van der Waals surface area (Å²) in [6.45, 7) is 3.51. The standard InChI is InChI=1S/C18H19N3O5/c1-11-5-7-14(21(24)25)9-15(11)19-10-17(22)20-16-8-13(18(23)26-3)6-4-12(16)2/h4-9,19H,10H2,1-3H3,(H,20,22). The molecule has 0 bridgehead atoms. The summed E-state index contributed by atoms with van der Waals surface area (Å²) in [5.41, 5.74) is 2.85. The lowest BCUT2D eigenvalue weighted by atomic mass is 10.1. The monoisotopic (exact) mass is 357 g/mol. The number of hydrogen-bond acceptors (Lipinski definition) is 6. The van der Waals surface area contributed by atoms with Crippen LogP contribution < -0.4 is 10.6 Å². The molecule has 0 fully saturated rings. The van der Waals surface area contributed by atoms with Crippen LogP contribution in [0.25, 0.3) is 0 Å². The van der Waals surface area contributed by atoms with Gasteiger partial charge in [0, 0.05) is 23.5 Å². The molecule has 0 saturated heterocycles. The summed E-state index contributed by atoms with van der Waals surface area (Å²) in [7, 11) is 1.28. The molecule has 0 aromatic heterocycles. The highest BCUT2D eigenvalue weighted by atomic mass is 16.6. The van der Waals surface area contributed by atoms with Crippen LogP contribution in [0.2, 0.25) is 0 Å². The Morgan fingerprint density at radius 2 is 1.73 bits per heavy atom. The van der Waals surface area contributed by atoms with Crippen LogP contribution in [0.5, 0.6) is 0 Å². The third-order valence-corrected chi connectivity index (χ3v) is 3.80. The predicted octanol–water partition coefficient (Wildman–Crippen LogP) is 3.05. The molecule has 2 aromatic carbocycles. The van der Waals surface area contributed by atoms with Crippen molar-refractivity contribution in [2.45, 2.75) is 13.8 Å². The molecule has 0 radical (unpaired) electrons. The van der Waals surface area contributed by atoms with Crippen molar-refractivity contribution >= 4 is 28.9 Å². The van der Waals surface area contributed by atoms with Crippen LogP contribution in [-0.2, 0) is 9.53 Å². The van der Waals surface area contributed by atoms with Gasteiger partial charge in [-0.15, -0.1) is 0 Å². The molecule has 26 heavy (non-hydrogen) atoms. The van der Waals surface area contributed by atoms with Crippen molar-refractivity contribution in [3.8, 4) is 0 Å². The van der Waals surface area contributed by atoms with Crippen molar-refractivity contribution in [1.82, 2.24) is 0 Å². The summed E-state index contributed by atoms with van der Waals surface area (Å²) in [5, 5.41) is 16.5. The molecular weight excluding hydrogens is 338 g/mol. The fraction of sp³-hybridized carbons (Fsp3) is 0.222. The van der Waals surface area contributed by atoms with Gasteiger partial charge in [-0.3, -0.25) is 14.9 Å². The molecule has 8 nitrogen and oxygen atoms in total. The Hall–Kier alpha value is -3.42. The number of aryl methyl sites for hydroxylation is 2. The van der Waals surface area contributed by atoms with Crippen molar-refractivity contribution in [1.29, 1.82) is 0 Å². The molecule has 8 heteroatoms. The smallest absolute Gasteiger partial charge is 0.337 e. The first-order chi connectivity index (χ1) is 12.3. The average Bonchev–Trinajstić information content (AvgIpc) is 2.62. The largest absolute Gasteiger partial charge is 0.465 e. The zero-order valence-electron chi connectivity index (χ0n) is 14.7. The van der Waals surface area contributed by atoms with Crippen LogP contribution >= 0.6 is 0 Å². The van der Waals surface area contributed by atoms with E-state index < -0.39 is 10.9 Å². The van der Waals surface area contributed by atoms with E-state index in [0.717, 1.165) is 11.1 Å². The molecule has 136 valence electrons. The van der Waals surface area contributed by atoms with E-state index >= 15 is 0 Å². The maximum Gasteiger partial charge on any atom is 0.337 e. The molecule has 2 N–H and O–H groups in total. The molecule has 1 amide bonds. The van der Waals surface area contributed by atoms with Crippen LogP contribution in [0.1, 0.15) is 21.5 Å². The fourth-order valence-corrected chi connectivity index (χ4v) is 2.29. The van der Waals surface area contributed by atoms with Gasteiger partial charge in [0.2, 0.25) is 5.91 Å². The van der Waals surface area contributed by atoms with Crippen LogP contribution in [0, 0.1) is 24.0 Å². The summed E-state index contributed by atoms with van der Waals surface area (Å²) in [6.07, 6.45) is 0. The van der Waals surface area contributed by atoms with E-state index in [1.54, 1.807) is 32.0 Å². The SMILES string of the molecule is COC(=O)c1ccc(C)c(NC(=O)CNc2cc([N+](=O)[O-])ccc2C)c1. The minimum absolute atomic E-state index is 0.0554. The third-order valence-electron chi connectivity index (χ3n) is 3.80. The second kappa shape index (κ2) is 8.11. The quantitative estimate of drug-likeness (QED) is 0.467. The highest BCUT2D eigenvalue weighted by Gasteiger charge is 2.12. The van der Waals surface area contributed by atoms with Crippen molar-refractivity contribution < 1.29 is 19.2 Å². The van der Waals surface area contributed by atoms with Crippen molar-refractivity contribution in [3.63, 3.8) is 0 Å². The van der Waals surface area contributed by atoms with Crippen LogP contribution in [0.3, 0.4) is 0 Å². The summed E-state index contributed by atoms with van der Waals surface area (Å²) < 4.78 is 4.67. The minimum atomic E-state index is -0.495. The van der Waals surface area contributed by atoms with E-state index in [1.165, 1.54) is 25.3 Å². The fourth-order valence-electron chi connectivity index (χ4n) is 2.29. The van der Waals surface area contributed by atoms with E-state index in [2.05, 4.69) is 15.4 Å². The molecule has 0 atom stereocenters. The summed E-state index contributed by atoms with van der Waals surface area (Å²) in [5.74, 6) is -0.841. The second-order valence-corrected chi connectivity index (χ2v) is 5.68. The van der Waals surface area contributed by atoms with Crippen molar-refractivity contribution in [2.75, 3.05) is 24.3 Å². The Kier molecular flexibility index (Phi) is 5.90. The van der Waals surface area contributed by atoms with Gasteiger partial charge in [0.25, 0.3) is 5.69 Å². The molecule has 2 rings (SSSR count). The molecule has 0 heterocycles. The topological polar surface area (TPSA) is 111 Å². The zero-order valence-corrected chi connectivity index (χ0v) is 14.7. The van der Waals surface area contributed by atoms with E-state index in [9.17, 15) is 19.7 Å². The van der Waals surface area contributed by atoms with Gasteiger partial charge in [0.15, 0.2) is 0 Å². The number of amides is 1. The molecular formula is C18H19N3O5. The maximum absolute atomic E-state index is 12.2. The Morgan fingerprint density at radius 1 is 1.08 bits per heavy atom. The molecule has 0 unspecified atom stereocenters. The Morgan fingerprint density at radius 3 is 2.38 bits per heavy atom. The first-order valence-corrected chi connectivity index (χ1v) is 7.79. The van der Waals surface area contributed by atoms with Gasteiger partial charge in [0.05, 0.1) is 24.1 Å². The number of esters is 1. The molecule has 0 aliphatic rings. The predicted molar refractivity (Wildman–Crippen MR) is 97.5 cm³/mol. The Bertz CT molecular complexity index is 864. The third kappa shape index (κ3) is 4.56.